The van der Waals surface area contributed by atoms with E-state index in [0.717, 1.165) is 22.3 Å². The SMILES string of the molecule is c1ccc(-c2ccc(-c3nc(-c4cccc5c4sc4ccccc45)nc(-c4cccc5c4sc4ccccc45)n3)cc2)cc1. The monoisotopic (exact) mass is 597 g/mol. The lowest BCUT2D eigenvalue weighted by Crippen LogP contribution is -2.00. The summed E-state index contributed by atoms with van der Waals surface area (Å²) in [5, 5.41) is 4.97. The fourth-order valence-electron chi connectivity index (χ4n) is 6.03. The first-order chi connectivity index (χ1) is 21.8. The van der Waals surface area contributed by atoms with Gasteiger partial charge < -0.3 is 0 Å². The molecule has 5 heteroatoms. The minimum atomic E-state index is 0.667. The summed E-state index contributed by atoms with van der Waals surface area (Å²) in [6.07, 6.45) is 0. The summed E-state index contributed by atoms with van der Waals surface area (Å²) in [7, 11) is 0. The van der Waals surface area contributed by atoms with Crippen LogP contribution in [0.2, 0.25) is 0 Å². The van der Waals surface area contributed by atoms with Crippen molar-refractivity contribution in [3.63, 3.8) is 0 Å². The second kappa shape index (κ2) is 10.2. The van der Waals surface area contributed by atoms with Gasteiger partial charge in [0, 0.05) is 57.0 Å². The second-order valence-electron chi connectivity index (χ2n) is 10.8. The molecule has 0 fully saturated rings. The molecule has 3 aromatic heterocycles. The minimum absolute atomic E-state index is 0.667. The van der Waals surface area contributed by atoms with Crippen molar-refractivity contribution < 1.29 is 0 Å². The topological polar surface area (TPSA) is 38.7 Å². The molecule has 206 valence electrons. The lowest BCUT2D eigenvalue weighted by molar-refractivity contribution is 1.08. The largest absolute Gasteiger partial charge is 0.208 e. The van der Waals surface area contributed by atoms with Crippen molar-refractivity contribution in [2.75, 3.05) is 0 Å². The molecule has 6 aromatic carbocycles. The van der Waals surface area contributed by atoms with Gasteiger partial charge in [-0.25, -0.2) is 15.0 Å². The second-order valence-corrected chi connectivity index (χ2v) is 12.9. The van der Waals surface area contributed by atoms with Crippen LogP contribution in [0.5, 0.6) is 0 Å². The molecule has 0 amide bonds. The first kappa shape index (κ1) is 25.3. The summed E-state index contributed by atoms with van der Waals surface area (Å²) in [5.74, 6) is 2.04. The highest BCUT2D eigenvalue weighted by atomic mass is 32.1. The molecule has 3 nitrogen and oxygen atoms in total. The highest BCUT2D eigenvalue weighted by Crippen LogP contribution is 2.42. The molecule has 3 heterocycles. The molecule has 0 aliphatic carbocycles. The maximum absolute atomic E-state index is 5.20. The van der Waals surface area contributed by atoms with E-state index < -0.39 is 0 Å². The molecule has 0 atom stereocenters. The van der Waals surface area contributed by atoms with E-state index in [1.165, 1.54) is 45.9 Å². The molecule has 0 unspecified atom stereocenters. The molecule has 0 aliphatic heterocycles. The van der Waals surface area contributed by atoms with Crippen LogP contribution in [-0.4, -0.2) is 15.0 Å². The van der Waals surface area contributed by atoms with E-state index in [2.05, 4.69) is 133 Å². The number of thiophene rings is 2. The van der Waals surface area contributed by atoms with Gasteiger partial charge in [0.25, 0.3) is 0 Å². The van der Waals surface area contributed by atoms with Crippen molar-refractivity contribution in [3.8, 4) is 45.3 Å². The Morgan fingerprint density at radius 1 is 0.318 bits per heavy atom. The van der Waals surface area contributed by atoms with Gasteiger partial charge in [-0.3, -0.25) is 0 Å². The normalized spacial score (nSPS) is 11.6. The van der Waals surface area contributed by atoms with Crippen LogP contribution in [0.3, 0.4) is 0 Å². The lowest BCUT2D eigenvalue weighted by Gasteiger charge is -2.10. The molecule has 9 rings (SSSR count). The Balaban J connectivity index is 1.28. The number of rotatable bonds is 4. The summed E-state index contributed by atoms with van der Waals surface area (Å²) in [6.45, 7) is 0. The smallest absolute Gasteiger partial charge is 0.165 e. The van der Waals surface area contributed by atoms with Gasteiger partial charge in [0.2, 0.25) is 0 Å². The van der Waals surface area contributed by atoms with Crippen molar-refractivity contribution in [3.05, 3.63) is 140 Å². The molecule has 0 saturated carbocycles. The van der Waals surface area contributed by atoms with Gasteiger partial charge in [-0.2, -0.15) is 0 Å². The Morgan fingerprint density at radius 2 is 0.750 bits per heavy atom. The maximum Gasteiger partial charge on any atom is 0.165 e. The Labute approximate surface area is 261 Å². The fraction of sp³-hybridized carbons (Fsp3) is 0. The Hall–Kier alpha value is -5.23. The number of hydrogen-bond donors (Lipinski definition) is 0. The van der Waals surface area contributed by atoms with Crippen LogP contribution in [0.25, 0.3) is 85.6 Å². The summed E-state index contributed by atoms with van der Waals surface area (Å²) >= 11 is 3.59. The minimum Gasteiger partial charge on any atom is -0.208 e. The van der Waals surface area contributed by atoms with Gasteiger partial charge >= 0.3 is 0 Å². The highest BCUT2D eigenvalue weighted by molar-refractivity contribution is 7.26. The summed E-state index contributed by atoms with van der Waals surface area (Å²) < 4.78 is 4.90. The number of nitrogens with zero attached hydrogens (tertiary/aromatic N) is 3. The maximum atomic E-state index is 5.20. The molecule has 0 bridgehead atoms. The standard InChI is InChI=1S/C39H23N3S2/c1-2-10-24(11-3-1)25-20-22-26(23-21-25)37-40-38(31-16-8-14-29-27-12-4-6-18-33(27)43-35(29)31)42-39(41-37)32-17-9-15-30-28-13-5-7-19-34(28)44-36(30)32/h1-23H. The van der Waals surface area contributed by atoms with E-state index in [1.807, 2.05) is 6.07 Å². The van der Waals surface area contributed by atoms with E-state index in [4.69, 9.17) is 15.0 Å². The summed E-state index contributed by atoms with van der Waals surface area (Å²) in [5.41, 5.74) is 5.36. The zero-order chi connectivity index (χ0) is 29.0. The van der Waals surface area contributed by atoms with Gasteiger partial charge in [0.05, 0.1) is 0 Å². The first-order valence-corrected chi connectivity index (χ1v) is 16.2. The number of benzene rings is 6. The van der Waals surface area contributed by atoms with Crippen molar-refractivity contribution in [1.82, 2.24) is 15.0 Å². The Morgan fingerprint density at radius 3 is 1.32 bits per heavy atom. The van der Waals surface area contributed by atoms with Crippen LogP contribution in [0.4, 0.5) is 0 Å². The third-order valence-corrected chi connectivity index (χ3v) is 10.6. The first-order valence-electron chi connectivity index (χ1n) is 14.5. The molecule has 0 spiro atoms. The van der Waals surface area contributed by atoms with Crippen LogP contribution in [0.1, 0.15) is 0 Å². The van der Waals surface area contributed by atoms with Gasteiger partial charge in [0.1, 0.15) is 0 Å². The molecule has 0 aliphatic rings. The van der Waals surface area contributed by atoms with Gasteiger partial charge in [-0.15, -0.1) is 22.7 Å². The predicted molar refractivity (Wildman–Crippen MR) is 187 cm³/mol. The molecule has 9 aromatic rings. The van der Waals surface area contributed by atoms with E-state index in [1.54, 1.807) is 22.7 Å². The number of fused-ring (bicyclic) bond motifs is 6. The predicted octanol–water partition coefficient (Wildman–Crippen LogP) is 11.3. The summed E-state index contributed by atoms with van der Waals surface area (Å²) in [4.78, 5) is 15.5. The van der Waals surface area contributed by atoms with Gasteiger partial charge in [0.15, 0.2) is 17.5 Å². The van der Waals surface area contributed by atoms with E-state index in [-0.39, 0.29) is 0 Å². The van der Waals surface area contributed by atoms with E-state index in [9.17, 15) is 0 Å². The highest BCUT2D eigenvalue weighted by Gasteiger charge is 2.19. The van der Waals surface area contributed by atoms with E-state index >= 15 is 0 Å². The molecule has 0 saturated heterocycles. The van der Waals surface area contributed by atoms with Crippen LogP contribution in [-0.2, 0) is 0 Å². The molecular formula is C39H23N3S2. The van der Waals surface area contributed by atoms with Crippen LogP contribution in [0, 0.1) is 0 Å². The third kappa shape index (κ3) is 4.13. The van der Waals surface area contributed by atoms with E-state index in [0.29, 0.717) is 17.5 Å². The zero-order valence-electron chi connectivity index (χ0n) is 23.4. The molecule has 0 radical (unpaired) electrons. The van der Waals surface area contributed by atoms with Crippen LogP contribution < -0.4 is 0 Å². The van der Waals surface area contributed by atoms with Crippen molar-refractivity contribution in [2.24, 2.45) is 0 Å². The Bertz CT molecular complexity index is 2360. The quantitative estimate of drug-likeness (QED) is 0.203. The van der Waals surface area contributed by atoms with Crippen molar-refractivity contribution >= 4 is 63.0 Å². The fourth-order valence-corrected chi connectivity index (χ4v) is 8.46. The molecule has 44 heavy (non-hydrogen) atoms. The van der Waals surface area contributed by atoms with Gasteiger partial charge in [-0.1, -0.05) is 115 Å². The number of aromatic nitrogens is 3. The third-order valence-electron chi connectivity index (χ3n) is 8.18. The average molecular weight is 598 g/mol. The molecular weight excluding hydrogens is 575 g/mol. The summed E-state index contributed by atoms with van der Waals surface area (Å²) in [6, 6.07) is 49.0. The average Bonchev–Trinajstić information content (AvgIpc) is 3.67. The zero-order valence-corrected chi connectivity index (χ0v) is 25.1. The van der Waals surface area contributed by atoms with Crippen LogP contribution >= 0.6 is 22.7 Å². The van der Waals surface area contributed by atoms with Gasteiger partial charge in [-0.05, 0) is 35.4 Å². The molecule has 0 N–H and O–H groups in total. The van der Waals surface area contributed by atoms with Crippen molar-refractivity contribution in [1.29, 1.82) is 0 Å². The van der Waals surface area contributed by atoms with Crippen molar-refractivity contribution in [2.45, 2.75) is 0 Å². The van der Waals surface area contributed by atoms with Crippen LogP contribution in [0.15, 0.2) is 140 Å². The lowest BCUT2D eigenvalue weighted by atomic mass is 10.0. The number of hydrogen-bond acceptors (Lipinski definition) is 5. The Kier molecular flexibility index (Phi) is 5.86.